The Bertz CT molecular complexity index is 456. The zero-order chi connectivity index (χ0) is 12.4. The van der Waals surface area contributed by atoms with E-state index >= 15 is 0 Å². The molecule has 5 heteroatoms. The molecule has 4 N–H and O–H groups in total. The highest BCUT2D eigenvalue weighted by atomic mass is 16.3. The predicted molar refractivity (Wildman–Crippen MR) is 63.7 cm³/mol. The number of hydrogen-bond donors (Lipinski definition) is 3. The number of nitrogens with two attached hydrogens (primary N) is 1. The Kier molecular flexibility index (Phi) is 3.61. The molecule has 2 unspecified atom stereocenters. The number of aromatic nitrogens is 1. The molecular weight excluding hydrogens is 220 g/mol. The Balaban J connectivity index is 2.43. The van der Waals surface area contributed by atoms with Crippen LogP contribution < -0.4 is 11.3 Å². The molecule has 2 atom stereocenters. The highest BCUT2D eigenvalue weighted by molar-refractivity contribution is 5.27. The van der Waals surface area contributed by atoms with Crippen LogP contribution in [0.4, 0.5) is 0 Å². The summed E-state index contributed by atoms with van der Waals surface area (Å²) in [6, 6.07) is 3.23. The van der Waals surface area contributed by atoms with Crippen molar-refractivity contribution in [1.82, 2.24) is 4.57 Å². The normalized spacial score (nSPS) is 21.0. The summed E-state index contributed by atoms with van der Waals surface area (Å²) in [6.45, 7) is -0.215. The maximum absolute atomic E-state index is 11.8. The van der Waals surface area contributed by atoms with Crippen LogP contribution in [-0.2, 0) is 13.0 Å². The summed E-state index contributed by atoms with van der Waals surface area (Å²) in [4.78, 5) is 11.8. The molecule has 1 aliphatic carbocycles. The van der Waals surface area contributed by atoms with Crippen molar-refractivity contribution in [1.29, 1.82) is 0 Å². The Morgan fingerprint density at radius 1 is 1.53 bits per heavy atom. The maximum Gasteiger partial charge on any atom is 0.250 e. The molecule has 0 saturated heterocycles. The smallest absolute Gasteiger partial charge is 0.250 e. The second-order valence-electron chi connectivity index (χ2n) is 4.52. The first-order chi connectivity index (χ1) is 8.13. The first kappa shape index (κ1) is 12.3. The van der Waals surface area contributed by atoms with Gasteiger partial charge in [-0.3, -0.25) is 4.79 Å². The van der Waals surface area contributed by atoms with Gasteiger partial charge in [-0.05, 0) is 24.8 Å². The molecule has 0 spiro atoms. The summed E-state index contributed by atoms with van der Waals surface area (Å²) >= 11 is 0. The average Bonchev–Trinajstić information content (AvgIpc) is 2.33. The fourth-order valence-corrected chi connectivity index (χ4v) is 2.37. The predicted octanol–water partition coefficient (Wildman–Crippen LogP) is -0.462. The van der Waals surface area contributed by atoms with Gasteiger partial charge in [-0.25, -0.2) is 0 Å². The molecule has 2 rings (SSSR count). The van der Waals surface area contributed by atoms with Crippen molar-refractivity contribution in [3.63, 3.8) is 0 Å². The van der Waals surface area contributed by atoms with Crippen LogP contribution in [0.15, 0.2) is 16.9 Å². The van der Waals surface area contributed by atoms with Crippen molar-refractivity contribution < 1.29 is 10.2 Å². The number of aliphatic hydroxyl groups excluding tert-OH is 2. The van der Waals surface area contributed by atoms with Crippen molar-refractivity contribution in [2.45, 2.75) is 38.0 Å². The van der Waals surface area contributed by atoms with Gasteiger partial charge < -0.3 is 20.5 Å². The minimum Gasteiger partial charge on any atom is -0.394 e. The monoisotopic (exact) mass is 238 g/mol. The molecule has 1 aliphatic rings. The summed E-state index contributed by atoms with van der Waals surface area (Å²) in [5.74, 6) is 0. The zero-order valence-electron chi connectivity index (χ0n) is 9.67. The van der Waals surface area contributed by atoms with Crippen molar-refractivity contribution >= 4 is 0 Å². The fourth-order valence-electron chi connectivity index (χ4n) is 2.37. The van der Waals surface area contributed by atoms with Gasteiger partial charge in [0, 0.05) is 17.8 Å². The second kappa shape index (κ2) is 5.00. The van der Waals surface area contributed by atoms with Gasteiger partial charge in [-0.1, -0.05) is 6.07 Å². The van der Waals surface area contributed by atoms with Crippen LogP contribution in [0.25, 0.3) is 0 Å². The molecule has 1 heterocycles. The fraction of sp³-hybridized carbons (Fsp3) is 0.583. The van der Waals surface area contributed by atoms with Gasteiger partial charge in [0.2, 0.25) is 0 Å². The maximum atomic E-state index is 11.8. The first-order valence-electron chi connectivity index (χ1n) is 5.90. The van der Waals surface area contributed by atoms with E-state index in [2.05, 4.69) is 0 Å². The van der Waals surface area contributed by atoms with Crippen LogP contribution in [0.2, 0.25) is 0 Å². The lowest BCUT2D eigenvalue weighted by molar-refractivity contribution is 0.0794. The second-order valence-corrected chi connectivity index (χ2v) is 4.52. The zero-order valence-corrected chi connectivity index (χ0v) is 9.67. The summed E-state index contributed by atoms with van der Waals surface area (Å²) in [7, 11) is 0. The Hall–Kier alpha value is -1.17. The minimum absolute atomic E-state index is 0.0307. The summed E-state index contributed by atoms with van der Waals surface area (Å²) < 4.78 is 1.54. The van der Waals surface area contributed by atoms with Gasteiger partial charge in [0.15, 0.2) is 0 Å². The van der Waals surface area contributed by atoms with Crippen molar-refractivity contribution in [2.75, 3.05) is 6.61 Å². The number of fused-ring (bicyclic) bond motifs is 1. The van der Waals surface area contributed by atoms with E-state index in [9.17, 15) is 9.90 Å². The lowest BCUT2D eigenvalue weighted by Crippen LogP contribution is -2.33. The molecule has 0 aliphatic heterocycles. The Labute approximate surface area is 99.5 Å². The van der Waals surface area contributed by atoms with Gasteiger partial charge in [0.25, 0.3) is 5.56 Å². The van der Waals surface area contributed by atoms with E-state index in [4.69, 9.17) is 10.8 Å². The van der Waals surface area contributed by atoms with Gasteiger partial charge >= 0.3 is 0 Å². The molecule has 17 heavy (non-hydrogen) atoms. The van der Waals surface area contributed by atoms with Crippen LogP contribution in [0, 0.1) is 0 Å². The quantitative estimate of drug-likeness (QED) is 0.664. The van der Waals surface area contributed by atoms with Gasteiger partial charge in [-0.15, -0.1) is 0 Å². The highest BCUT2D eigenvalue weighted by Crippen LogP contribution is 2.26. The third kappa shape index (κ3) is 2.41. The van der Waals surface area contributed by atoms with E-state index in [1.54, 1.807) is 6.07 Å². The van der Waals surface area contributed by atoms with Crippen LogP contribution in [0.1, 0.15) is 30.1 Å². The SMILES string of the molecule is NC1CCCc2c1ccc(=O)n2CC(O)CO. The first-order valence-corrected chi connectivity index (χ1v) is 5.90. The molecule has 1 aromatic heterocycles. The van der Waals surface area contributed by atoms with Crippen LogP contribution in [0.5, 0.6) is 0 Å². The van der Waals surface area contributed by atoms with E-state index in [1.165, 1.54) is 10.6 Å². The minimum atomic E-state index is -0.905. The van der Waals surface area contributed by atoms with E-state index in [0.29, 0.717) is 0 Å². The molecule has 94 valence electrons. The standard InChI is InChI=1S/C12H18N2O3/c13-10-2-1-3-11-9(10)4-5-12(17)14(11)6-8(16)7-15/h4-5,8,10,15-16H,1-3,6-7,13H2. The van der Waals surface area contributed by atoms with Gasteiger partial charge in [0.05, 0.1) is 19.3 Å². The molecular formula is C12H18N2O3. The average molecular weight is 238 g/mol. The summed E-state index contributed by atoms with van der Waals surface area (Å²) in [5, 5.41) is 18.3. The van der Waals surface area contributed by atoms with E-state index < -0.39 is 6.10 Å². The summed E-state index contributed by atoms with van der Waals surface area (Å²) in [5.41, 5.74) is 7.75. The van der Waals surface area contributed by atoms with Crippen molar-refractivity contribution in [3.8, 4) is 0 Å². The number of nitrogens with zero attached hydrogens (tertiary/aromatic N) is 1. The lowest BCUT2D eigenvalue weighted by atomic mass is 9.91. The number of rotatable bonds is 3. The molecule has 0 radical (unpaired) electrons. The molecule has 0 saturated carbocycles. The number of pyridine rings is 1. The van der Waals surface area contributed by atoms with Crippen LogP contribution in [-0.4, -0.2) is 27.5 Å². The molecule has 0 amide bonds. The lowest BCUT2D eigenvalue weighted by Gasteiger charge is -2.26. The number of aliphatic hydroxyl groups is 2. The molecule has 1 aromatic rings. The van der Waals surface area contributed by atoms with Crippen LogP contribution in [0.3, 0.4) is 0 Å². The molecule has 0 fully saturated rings. The van der Waals surface area contributed by atoms with Gasteiger partial charge in [-0.2, -0.15) is 0 Å². The largest absolute Gasteiger partial charge is 0.394 e. The van der Waals surface area contributed by atoms with Crippen molar-refractivity contribution in [3.05, 3.63) is 33.7 Å². The van der Waals surface area contributed by atoms with E-state index in [0.717, 1.165) is 30.5 Å². The van der Waals surface area contributed by atoms with Crippen molar-refractivity contribution in [2.24, 2.45) is 5.73 Å². The topological polar surface area (TPSA) is 88.5 Å². The number of hydrogen-bond acceptors (Lipinski definition) is 4. The van der Waals surface area contributed by atoms with Gasteiger partial charge in [0.1, 0.15) is 0 Å². The van der Waals surface area contributed by atoms with E-state index in [-0.39, 0.29) is 24.8 Å². The molecule has 0 bridgehead atoms. The third-order valence-electron chi connectivity index (χ3n) is 3.26. The molecule has 5 nitrogen and oxygen atoms in total. The molecule has 0 aromatic carbocycles. The highest BCUT2D eigenvalue weighted by Gasteiger charge is 2.21. The Morgan fingerprint density at radius 3 is 3.00 bits per heavy atom. The van der Waals surface area contributed by atoms with Crippen LogP contribution >= 0.6 is 0 Å². The Morgan fingerprint density at radius 2 is 2.29 bits per heavy atom. The third-order valence-corrected chi connectivity index (χ3v) is 3.26. The summed E-state index contributed by atoms with van der Waals surface area (Å²) in [6.07, 6.45) is 1.77. The van der Waals surface area contributed by atoms with E-state index in [1.807, 2.05) is 0 Å².